The summed E-state index contributed by atoms with van der Waals surface area (Å²) in [5.74, 6) is -0.00295. The summed E-state index contributed by atoms with van der Waals surface area (Å²) in [6, 6.07) is 7.62. The Balaban J connectivity index is 1.91. The molecule has 1 amide bonds. The second-order valence-corrected chi connectivity index (χ2v) is 4.92. The fourth-order valence-corrected chi connectivity index (χ4v) is 1.62. The molecule has 2 N–H and O–H groups in total. The number of hydrogen-bond donors (Lipinski definition) is 2. The average molecular weight is 273 g/mol. The minimum Gasteiger partial charge on any atom is -0.379 e. The lowest BCUT2D eigenvalue weighted by molar-refractivity contribution is -0.118. The first-order valence-corrected chi connectivity index (χ1v) is 6.54. The Morgan fingerprint density at radius 2 is 1.90 bits per heavy atom. The molecule has 2 rings (SSSR count). The Bertz CT molecular complexity index is 574. The number of aromatic nitrogens is 3. The van der Waals surface area contributed by atoms with E-state index in [0.717, 1.165) is 17.1 Å². The van der Waals surface area contributed by atoms with Crippen LogP contribution in [-0.4, -0.2) is 20.9 Å². The Morgan fingerprint density at radius 1 is 1.25 bits per heavy atom. The zero-order valence-corrected chi connectivity index (χ0v) is 11.9. The minimum absolute atomic E-state index is 0.0201. The van der Waals surface area contributed by atoms with Crippen LogP contribution < -0.4 is 10.6 Å². The van der Waals surface area contributed by atoms with Crippen molar-refractivity contribution in [2.24, 2.45) is 13.0 Å². The fraction of sp³-hybridized carbons (Fsp3) is 0.357. The Hall–Kier alpha value is -2.37. The van der Waals surface area contributed by atoms with Crippen LogP contribution in [0.1, 0.15) is 19.5 Å². The van der Waals surface area contributed by atoms with Gasteiger partial charge in [0, 0.05) is 24.3 Å². The molecular formula is C14H19N5O. The molecule has 0 atom stereocenters. The van der Waals surface area contributed by atoms with Gasteiger partial charge in [-0.3, -0.25) is 9.48 Å². The van der Waals surface area contributed by atoms with Crippen molar-refractivity contribution in [1.82, 2.24) is 15.0 Å². The Labute approximate surface area is 118 Å². The lowest BCUT2D eigenvalue weighted by Crippen LogP contribution is -2.17. The fourth-order valence-electron chi connectivity index (χ4n) is 1.62. The second-order valence-electron chi connectivity index (χ2n) is 4.92. The van der Waals surface area contributed by atoms with Crippen molar-refractivity contribution in [1.29, 1.82) is 0 Å². The SMILES string of the molecule is CC(C)C(=O)Nc1ccc(NCc2cnnn2C)cc1. The van der Waals surface area contributed by atoms with Crippen molar-refractivity contribution in [3.05, 3.63) is 36.2 Å². The van der Waals surface area contributed by atoms with Crippen LogP contribution in [-0.2, 0) is 18.4 Å². The number of amides is 1. The highest BCUT2D eigenvalue weighted by atomic mass is 16.1. The highest BCUT2D eigenvalue weighted by Gasteiger charge is 2.06. The Morgan fingerprint density at radius 3 is 2.45 bits per heavy atom. The molecule has 0 aliphatic heterocycles. The zero-order chi connectivity index (χ0) is 14.5. The molecule has 0 unspecified atom stereocenters. The van der Waals surface area contributed by atoms with Crippen molar-refractivity contribution in [2.45, 2.75) is 20.4 Å². The van der Waals surface area contributed by atoms with Gasteiger partial charge >= 0.3 is 0 Å². The van der Waals surface area contributed by atoms with Crippen molar-refractivity contribution < 1.29 is 4.79 Å². The summed E-state index contributed by atoms with van der Waals surface area (Å²) in [5, 5.41) is 13.8. The number of carbonyl (C=O) groups excluding carboxylic acids is 1. The molecule has 6 heteroatoms. The number of aryl methyl sites for hydroxylation is 1. The zero-order valence-electron chi connectivity index (χ0n) is 11.9. The molecule has 0 saturated heterocycles. The maximum absolute atomic E-state index is 11.6. The summed E-state index contributed by atoms with van der Waals surface area (Å²) in [6.45, 7) is 4.39. The molecule has 1 heterocycles. The van der Waals surface area contributed by atoms with Crippen LogP contribution in [0.4, 0.5) is 11.4 Å². The van der Waals surface area contributed by atoms with E-state index in [-0.39, 0.29) is 11.8 Å². The highest BCUT2D eigenvalue weighted by Crippen LogP contribution is 2.15. The van der Waals surface area contributed by atoms with Crippen LogP contribution in [0.15, 0.2) is 30.5 Å². The van der Waals surface area contributed by atoms with Gasteiger partial charge in [-0.1, -0.05) is 19.1 Å². The lowest BCUT2D eigenvalue weighted by atomic mass is 10.2. The van der Waals surface area contributed by atoms with E-state index in [2.05, 4.69) is 20.9 Å². The quantitative estimate of drug-likeness (QED) is 0.874. The van der Waals surface area contributed by atoms with Crippen LogP contribution in [0.25, 0.3) is 0 Å². The first-order valence-electron chi connectivity index (χ1n) is 6.54. The number of anilines is 2. The van der Waals surface area contributed by atoms with Crippen LogP contribution >= 0.6 is 0 Å². The van der Waals surface area contributed by atoms with Crippen LogP contribution in [0.2, 0.25) is 0 Å². The smallest absolute Gasteiger partial charge is 0.226 e. The van der Waals surface area contributed by atoms with Gasteiger partial charge in [0.15, 0.2) is 0 Å². The molecule has 2 aromatic rings. The molecule has 106 valence electrons. The highest BCUT2D eigenvalue weighted by molar-refractivity contribution is 5.92. The molecule has 0 fully saturated rings. The van der Waals surface area contributed by atoms with E-state index in [0.29, 0.717) is 6.54 Å². The monoisotopic (exact) mass is 273 g/mol. The molecular weight excluding hydrogens is 254 g/mol. The van der Waals surface area contributed by atoms with E-state index in [4.69, 9.17) is 0 Å². The summed E-state index contributed by atoms with van der Waals surface area (Å²) in [7, 11) is 1.86. The average Bonchev–Trinajstić information content (AvgIpc) is 2.83. The van der Waals surface area contributed by atoms with Crippen molar-refractivity contribution >= 4 is 17.3 Å². The molecule has 1 aromatic heterocycles. The summed E-state index contributed by atoms with van der Waals surface area (Å²) in [5.41, 5.74) is 2.78. The normalized spacial score (nSPS) is 10.6. The molecule has 0 radical (unpaired) electrons. The molecule has 0 saturated carbocycles. The summed E-state index contributed by atoms with van der Waals surface area (Å²) in [4.78, 5) is 11.6. The van der Waals surface area contributed by atoms with Crippen LogP contribution in [0.3, 0.4) is 0 Å². The van der Waals surface area contributed by atoms with Crippen molar-refractivity contribution in [2.75, 3.05) is 10.6 Å². The summed E-state index contributed by atoms with van der Waals surface area (Å²) in [6.07, 6.45) is 1.73. The lowest BCUT2D eigenvalue weighted by Gasteiger charge is -2.09. The van der Waals surface area contributed by atoms with E-state index in [1.807, 2.05) is 45.2 Å². The molecule has 0 spiro atoms. The van der Waals surface area contributed by atoms with E-state index in [1.165, 1.54) is 0 Å². The van der Waals surface area contributed by atoms with Gasteiger partial charge < -0.3 is 10.6 Å². The molecule has 1 aromatic carbocycles. The maximum atomic E-state index is 11.6. The molecule has 6 nitrogen and oxygen atoms in total. The summed E-state index contributed by atoms with van der Waals surface area (Å²) >= 11 is 0. The number of carbonyl (C=O) groups is 1. The van der Waals surface area contributed by atoms with E-state index in [9.17, 15) is 4.79 Å². The Kier molecular flexibility index (Phi) is 4.34. The van der Waals surface area contributed by atoms with Gasteiger partial charge in [0.05, 0.1) is 18.4 Å². The van der Waals surface area contributed by atoms with Gasteiger partial charge in [0.1, 0.15) is 0 Å². The standard InChI is InChI=1S/C14H19N5O/c1-10(2)14(20)17-12-6-4-11(5-7-12)15-8-13-9-16-18-19(13)3/h4-7,9-10,15H,8H2,1-3H3,(H,17,20). The topological polar surface area (TPSA) is 71.8 Å². The van der Waals surface area contributed by atoms with Crippen LogP contribution in [0.5, 0.6) is 0 Å². The predicted octanol–water partition coefficient (Wildman–Crippen LogP) is 2.02. The van der Waals surface area contributed by atoms with Crippen molar-refractivity contribution in [3.8, 4) is 0 Å². The third kappa shape index (κ3) is 3.57. The largest absolute Gasteiger partial charge is 0.379 e. The first kappa shape index (κ1) is 14.0. The number of nitrogens with zero attached hydrogens (tertiary/aromatic N) is 3. The van der Waals surface area contributed by atoms with Gasteiger partial charge in [-0.2, -0.15) is 0 Å². The number of rotatable bonds is 5. The van der Waals surface area contributed by atoms with E-state index < -0.39 is 0 Å². The third-order valence-corrected chi connectivity index (χ3v) is 2.96. The van der Waals surface area contributed by atoms with E-state index in [1.54, 1.807) is 10.9 Å². The first-order chi connectivity index (χ1) is 9.56. The molecule has 0 aliphatic rings. The minimum atomic E-state index is -0.0230. The van der Waals surface area contributed by atoms with Gasteiger partial charge in [-0.25, -0.2) is 0 Å². The van der Waals surface area contributed by atoms with Crippen molar-refractivity contribution in [3.63, 3.8) is 0 Å². The van der Waals surface area contributed by atoms with Gasteiger partial charge in [0.25, 0.3) is 0 Å². The second kappa shape index (κ2) is 6.18. The van der Waals surface area contributed by atoms with E-state index >= 15 is 0 Å². The van der Waals surface area contributed by atoms with Gasteiger partial charge in [-0.05, 0) is 24.3 Å². The number of benzene rings is 1. The molecule has 0 aliphatic carbocycles. The van der Waals surface area contributed by atoms with Gasteiger partial charge in [-0.15, -0.1) is 5.10 Å². The molecule has 0 bridgehead atoms. The summed E-state index contributed by atoms with van der Waals surface area (Å²) < 4.78 is 1.73. The van der Waals surface area contributed by atoms with Crippen LogP contribution in [0, 0.1) is 5.92 Å². The third-order valence-electron chi connectivity index (χ3n) is 2.96. The maximum Gasteiger partial charge on any atom is 0.226 e. The van der Waals surface area contributed by atoms with Gasteiger partial charge in [0.2, 0.25) is 5.91 Å². The molecule has 20 heavy (non-hydrogen) atoms. The predicted molar refractivity (Wildman–Crippen MR) is 78.2 cm³/mol. The number of hydrogen-bond acceptors (Lipinski definition) is 4. The number of nitrogens with one attached hydrogen (secondary N) is 2.